The van der Waals surface area contributed by atoms with Gasteiger partial charge in [0.2, 0.25) is 0 Å². The molecule has 0 saturated carbocycles. The molecule has 3 aromatic rings. The van der Waals surface area contributed by atoms with E-state index >= 15 is 0 Å². The summed E-state index contributed by atoms with van der Waals surface area (Å²) in [5, 5.41) is 6.76. The summed E-state index contributed by atoms with van der Waals surface area (Å²) in [5.41, 5.74) is 4.68. The summed E-state index contributed by atoms with van der Waals surface area (Å²) in [6.07, 6.45) is 3.50. The van der Waals surface area contributed by atoms with Gasteiger partial charge in [0.1, 0.15) is 5.82 Å². The lowest BCUT2D eigenvalue weighted by Gasteiger charge is -2.13. The first-order valence-corrected chi connectivity index (χ1v) is 9.17. The molecule has 0 unspecified atom stereocenters. The second-order valence-electron chi connectivity index (χ2n) is 6.92. The fourth-order valence-corrected chi connectivity index (χ4v) is 3.20. The monoisotopic (exact) mass is 374 g/mol. The Bertz CT molecular complexity index is 1000. The zero-order chi connectivity index (χ0) is 19.5. The van der Waals surface area contributed by atoms with Crippen molar-refractivity contribution in [3.05, 3.63) is 71.2 Å². The number of nitrogens with zero attached hydrogens (tertiary/aromatic N) is 4. The number of fused-ring (bicyclic) bond motifs is 1. The van der Waals surface area contributed by atoms with Crippen LogP contribution in [0.4, 0.5) is 5.82 Å². The molecule has 4 rings (SSSR count). The van der Waals surface area contributed by atoms with Crippen LogP contribution in [0.15, 0.2) is 48.8 Å². The topological polar surface area (TPSA) is 83.0 Å². The van der Waals surface area contributed by atoms with E-state index in [9.17, 15) is 4.79 Å². The fraction of sp³-hybridized carbons (Fsp3) is 0.238. The lowest BCUT2D eigenvalue weighted by molar-refractivity contribution is 0.0827. The predicted molar refractivity (Wildman–Crippen MR) is 108 cm³/mol. The van der Waals surface area contributed by atoms with Crippen LogP contribution in [-0.2, 0) is 19.6 Å². The van der Waals surface area contributed by atoms with Crippen molar-refractivity contribution in [2.45, 2.75) is 19.6 Å². The van der Waals surface area contributed by atoms with E-state index < -0.39 is 0 Å². The Balaban J connectivity index is 1.60. The highest BCUT2D eigenvalue weighted by molar-refractivity contribution is 5.94. The maximum absolute atomic E-state index is 12.2. The molecular formula is C21H22N6O. The maximum atomic E-state index is 12.2. The first kappa shape index (κ1) is 18.1. The summed E-state index contributed by atoms with van der Waals surface area (Å²) in [6, 6.07) is 11.5. The van der Waals surface area contributed by atoms with Crippen molar-refractivity contribution in [3.8, 4) is 11.4 Å². The first-order chi connectivity index (χ1) is 13.6. The van der Waals surface area contributed by atoms with Gasteiger partial charge in [-0.15, -0.1) is 0 Å². The Morgan fingerprint density at radius 1 is 1.18 bits per heavy atom. The number of aromatic nitrogens is 3. The molecule has 7 heteroatoms. The second-order valence-corrected chi connectivity index (χ2v) is 6.92. The summed E-state index contributed by atoms with van der Waals surface area (Å²) < 4.78 is 0. The summed E-state index contributed by atoms with van der Waals surface area (Å²) in [7, 11) is 3.51. The molecular weight excluding hydrogens is 352 g/mol. The summed E-state index contributed by atoms with van der Waals surface area (Å²) in [5.74, 6) is 1.47. The Labute approximate surface area is 163 Å². The second kappa shape index (κ2) is 7.74. The van der Waals surface area contributed by atoms with Gasteiger partial charge in [-0.05, 0) is 29.8 Å². The van der Waals surface area contributed by atoms with Gasteiger partial charge in [0.05, 0.1) is 5.69 Å². The fourth-order valence-electron chi connectivity index (χ4n) is 3.20. The number of hydrogen-bond donors (Lipinski definition) is 2. The van der Waals surface area contributed by atoms with Crippen LogP contribution >= 0.6 is 0 Å². The van der Waals surface area contributed by atoms with E-state index in [2.05, 4.69) is 15.6 Å². The molecule has 7 nitrogen and oxygen atoms in total. The number of anilines is 1. The van der Waals surface area contributed by atoms with Crippen LogP contribution in [0.1, 0.15) is 27.2 Å². The normalized spacial score (nSPS) is 12.5. The molecule has 0 spiro atoms. The minimum atomic E-state index is -0.00663. The number of pyridine rings is 1. The Morgan fingerprint density at radius 2 is 2.07 bits per heavy atom. The number of carbonyl (C=O) groups is 1. The number of amides is 1. The number of rotatable bonds is 5. The standard InChI is InChI=1S/C21H22N6O/c1-27(2)21(28)15-6-3-5-14(9-15)10-24-20-17-12-23-13-18(17)25-19(26-20)16-7-4-8-22-11-16/h3-9,11,23H,10,12-13H2,1-2H3,(H,24,25,26). The highest BCUT2D eigenvalue weighted by Crippen LogP contribution is 2.25. The van der Waals surface area contributed by atoms with Crippen molar-refractivity contribution in [1.82, 2.24) is 25.2 Å². The summed E-state index contributed by atoms with van der Waals surface area (Å²) in [4.78, 5) is 27.4. The van der Waals surface area contributed by atoms with Crippen molar-refractivity contribution in [3.63, 3.8) is 0 Å². The summed E-state index contributed by atoms with van der Waals surface area (Å²) >= 11 is 0. The largest absolute Gasteiger partial charge is 0.366 e. The lowest BCUT2D eigenvalue weighted by Crippen LogP contribution is -2.21. The van der Waals surface area contributed by atoms with Gasteiger partial charge in [0, 0.05) is 62.8 Å². The zero-order valence-electron chi connectivity index (χ0n) is 15.9. The average Bonchev–Trinajstić information content (AvgIpc) is 3.21. The van der Waals surface area contributed by atoms with Crippen LogP contribution in [-0.4, -0.2) is 39.9 Å². The van der Waals surface area contributed by atoms with Gasteiger partial charge in [-0.1, -0.05) is 12.1 Å². The van der Waals surface area contributed by atoms with Crippen LogP contribution in [0.5, 0.6) is 0 Å². The van der Waals surface area contributed by atoms with Gasteiger partial charge in [-0.2, -0.15) is 0 Å². The van der Waals surface area contributed by atoms with E-state index in [1.54, 1.807) is 31.4 Å². The van der Waals surface area contributed by atoms with Crippen LogP contribution in [0.2, 0.25) is 0 Å². The molecule has 0 radical (unpaired) electrons. The molecule has 28 heavy (non-hydrogen) atoms. The minimum absolute atomic E-state index is 0.00663. The molecule has 3 heterocycles. The summed E-state index contributed by atoms with van der Waals surface area (Å²) in [6.45, 7) is 2.04. The van der Waals surface area contributed by atoms with E-state index in [1.807, 2.05) is 36.4 Å². The van der Waals surface area contributed by atoms with Gasteiger partial charge in [-0.3, -0.25) is 9.78 Å². The van der Waals surface area contributed by atoms with E-state index in [1.165, 1.54) is 0 Å². The van der Waals surface area contributed by atoms with Crippen molar-refractivity contribution in [1.29, 1.82) is 0 Å². The van der Waals surface area contributed by atoms with E-state index in [-0.39, 0.29) is 5.91 Å². The molecule has 0 atom stereocenters. The van der Waals surface area contributed by atoms with Crippen molar-refractivity contribution < 1.29 is 4.79 Å². The van der Waals surface area contributed by atoms with Gasteiger partial charge in [-0.25, -0.2) is 9.97 Å². The molecule has 1 aliphatic rings. The third-order valence-corrected chi connectivity index (χ3v) is 4.65. The Kier molecular flexibility index (Phi) is 4.99. The lowest BCUT2D eigenvalue weighted by atomic mass is 10.1. The predicted octanol–water partition coefficient (Wildman–Crippen LogP) is 2.46. The smallest absolute Gasteiger partial charge is 0.253 e. The Hall–Kier alpha value is -3.32. The quantitative estimate of drug-likeness (QED) is 0.714. The highest BCUT2D eigenvalue weighted by atomic mass is 16.2. The Morgan fingerprint density at radius 3 is 2.86 bits per heavy atom. The van der Waals surface area contributed by atoms with E-state index in [0.29, 0.717) is 17.9 Å². The number of nitrogens with one attached hydrogen (secondary N) is 2. The van der Waals surface area contributed by atoms with E-state index in [0.717, 1.165) is 41.3 Å². The molecule has 1 amide bonds. The third-order valence-electron chi connectivity index (χ3n) is 4.65. The number of carbonyl (C=O) groups excluding carboxylic acids is 1. The molecule has 0 fully saturated rings. The third kappa shape index (κ3) is 3.70. The van der Waals surface area contributed by atoms with Gasteiger partial charge in [0.15, 0.2) is 5.82 Å². The molecule has 0 aliphatic carbocycles. The molecule has 2 N–H and O–H groups in total. The van der Waals surface area contributed by atoms with E-state index in [4.69, 9.17) is 9.97 Å². The maximum Gasteiger partial charge on any atom is 0.253 e. The van der Waals surface area contributed by atoms with Gasteiger partial charge < -0.3 is 15.5 Å². The van der Waals surface area contributed by atoms with Crippen LogP contribution in [0.3, 0.4) is 0 Å². The molecule has 0 saturated heterocycles. The highest BCUT2D eigenvalue weighted by Gasteiger charge is 2.19. The SMILES string of the molecule is CN(C)C(=O)c1cccc(CNc2nc(-c3cccnc3)nc3c2CNC3)c1. The molecule has 0 bridgehead atoms. The molecule has 2 aromatic heterocycles. The number of hydrogen-bond acceptors (Lipinski definition) is 6. The van der Waals surface area contributed by atoms with Crippen LogP contribution < -0.4 is 10.6 Å². The first-order valence-electron chi connectivity index (χ1n) is 9.17. The van der Waals surface area contributed by atoms with Gasteiger partial charge >= 0.3 is 0 Å². The molecule has 1 aromatic carbocycles. The zero-order valence-corrected chi connectivity index (χ0v) is 15.9. The molecule has 1 aliphatic heterocycles. The van der Waals surface area contributed by atoms with Gasteiger partial charge in [0.25, 0.3) is 5.91 Å². The number of benzene rings is 1. The minimum Gasteiger partial charge on any atom is -0.366 e. The van der Waals surface area contributed by atoms with Crippen molar-refractivity contribution in [2.24, 2.45) is 0 Å². The average molecular weight is 374 g/mol. The van der Waals surface area contributed by atoms with Crippen molar-refractivity contribution in [2.75, 3.05) is 19.4 Å². The van der Waals surface area contributed by atoms with Crippen LogP contribution in [0, 0.1) is 0 Å². The van der Waals surface area contributed by atoms with Crippen LogP contribution in [0.25, 0.3) is 11.4 Å². The van der Waals surface area contributed by atoms with Crippen molar-refractivity contribution >= 4 is 11.7 Å². The molecule has 142 valence electrons.